The molecule has 1 aromatic carbocycles. The number of aromatic nitrogens is 1. The molecule has 0 spiro atoms. The van der Waals surface area contributed by atoms with E-state index in [2.05, 4.69) is 22.9 Å². The molecule has 0 N–H and O–H groups in total. The van der Waals surface area contributed by atoms with Crippen LogP contribution in [-0.4, -0.2) is 30.4 Å². The van der Waals surface area contributed by atoms with Crippen LogP contribution in [0.15, 0.2) is 30.5 Å². The predicted molar refractivity (Wildman–Crippen MR) is 72.0 cm³/mol. The first-order chi connectivity index (χ1) is 9.28. The summed E-state index contributed by atoms with van der Waals surface area (Å²) in [5.41, 5.74) is 2.40. The van der Waals surface area contributed by atoms with Crippen molar-refractivity contribution < 1.29 is 14.3 Å². The second-order valence-electron chi connectivity index (χ2n) is 4.86. The topological polar surface area (TPSA) is 43.8 Å². The van der Waals surface area contributed by atoms with Crippen LogP contribution < -0.4 is 0 Å². The summed E-state index contributed by atoms with van der Waals surface area (Å²) in [6.45, 7) is 1.74. The molecule has 19 heavy (non-hydrogen) atoms. The number of ether oxygens (including phenoxy) is 2. The number of hydrogen-bond acceptors (Lipinski definition) is 3. The van der Waals surface area contributed by atoms with Gasteiger partial charge in [-0.25, -0.2) is 0 Å². The average Bonchev–Trinajstić information content (AvgIpc) is 3.19. The number of benzene rings is 1. The molecular weight excluding hydrogens is 242 g/mol. The van der Waals surface area contributed by atoms with Crippen molar-refractivity contribution in [2.24, 2.45) is 0 Å². The highest BCUT2D eigenvalue weighted by Crippen LogP contribution is 2.24. The van der Waals surface area contributed by atoms with Crippen LogP contribution in [-0.2, 0) is 27.2 Å². The normalized spacial score (nSPS) is 17.6. The van der Waals surface area contributed by atoms with Crippen LogP contribution in [0.5, 0.6) is 0 Å². The molecule has 1 aliphatic rings. The molecule has 0 radical (unpaired) electrons. The molecule has 1 aliphatic heterocycles. The van der Waals surface area contributed by atoms with Gasteiger partial charge in [0.25, 0.3) is 0 Å². The summed E-state index contributed by atoms with van der Waals surface area (Å²) in [6, 6.07) is 8.28. The summed E-state index contributed by atoms with van der Waals surface area (Å²) in [5.74, 6) is -0.164. The lowest BCUT2D eigenvalue weighted by Gasteiger charge is -2.01. The minimum Gasteiger partial charge on any atom is -0.469 e. The van der Waals surface area contributed by atoms with Gasteiger partial charge in [-0.15, -0.1) is 0 Å². The number of nitrogens with zero attached hydrogens (tertiary/aromatic N) is 1. The summed E-state index contributed by atoms with van der Waals surface area (Å²) < 4.78 is 12.2. The molecule has 4 nitrogen and oxygen atoms in total. The Morgan fingerprint density at radius 1 is 1.47 bits per heavy atom. The zero-order valence-corrected chi connectivity index (χ0v) is 11.0. The Morgan fingerprint density at radius 2 is 2.26 bits per heavy atom. The minimum atomic E-state index is -0.164. The molecular formula is C15H17NO3. The zero-order chi connectivity index (χ0) is 13.2. The van der Waals surface area contributed by atoms with Crippen LogP contribution in [0.2, 0.25) is 0 Å². The number of rotatable bonds is 5. The Labute approximate surface area is 111 Å². The number of carbonyl (C=O) groups is 1. The van der Waals surface area contributed by atoms with Crippen LogP contribution >= 0.6 is 0 Å². The molecule has 0 bridgehead atoms. The number of epoxide rings is 1. The van der Waals surface area contributed by atoms with E-state index in [9.17, 15) is 4.79 Å². The van der Waals surface area contributed by atoms with E-state index in [1.54, 1.807) is 0 Å². The third-order valence-corrected chi connectivity index (χ3v) is 3.50. The molecule has 1 unspecified atom stereocenters. The second-order valence-corrected chi connectivity index (χ2v) is 4.86. The smallest absolute Gasteiger partial charge is 0.305 e. The van der Waals surface area contributed by atoms with Crippen molar-refractivity contribution in [3.63, 3.8) is 0 Å². The molecule has 1 fully saturated rings. The minimum absolute atomic E-state index is 0.164. The number of aryl methyl sites for hydroxylation is 1. The third kappa shape index (κ3) is 2.63. The zero-order valence-electron chi connectivity index (χ0n) is 11.0. The van der Waals surface area contributed by atoms with Gasteiger partial charge < -0.3 is 14.0 Å². The molecule has 3 rings (SSSR count). The molecule has 100 valence electrons. The SMILES string of the molecule is COC(=O)CCc1cn(CC2CO2)c2ccccc12. The largest absolute Gasteiger partial charge is 0.469 e. The van der Waals surface area contributed by atoms with Crippen LogP contribution in [0.4, 0.5) is 0 Å². The van der Waals surface area contributed by atoms with Crippen molar-refractivity contribution in [2.75, 3.05) is 13.7 Å². The number of esters is 1. The Morgan fingerprint density at radius 3 is 3.00 bits per heavy atom. The summed E-state index contributed by atoms with van der Waals surface area (Å²) in [6.07, 6.45) is 3.62. The Bertz CT molecular complexity index is 598. The lowest BCUT2D eigenvalue weighted by Crippen LogP contribution is -2.03. The molecule has 0 saturated carbocycles. The number of carbonyl (C=O) groups excluding carboxylic acids is 1. The molecule has 4 heteroatoms. The van der Waals surface area contributed by atoms with Crippen molar-refractivity contribution >= 4 is 16.9 Å². The van der Waals surface area contributed by atoms with Gasteiger partial charge in [0, 0.05) is 23.5 Å². The molecule has 1 aromatic heterocycles. The van der Waals surface area contributed by atoms with Gasteiger partial charge in [0.15, 0.2) is 0 Å². The first kappa shape index (κ1) is 12.2. The molecule has 2 aromatic rings. The van der Waals surface area contributed by atoms with Gasteiger partial charge in [-0.3, -0.25) is 4.79 Å². The first-order valence-corrected chi connectivity index (χ1v) is 6.53. The van der Waals surface area contributed by atoms with E-state index in [0.717, 1.165) is 13.2 Å². The van der Waals surface area contributed by atoms with Crippen LogP contribution in [0.3, 0.4) is 0 Å². The van der Waals surface area contributed by atoms with Crippen molar-refractivity contribution in [3.8, 4) is 0 Å². The highest BCUT2D eigenvalue weighted by Gasteiger charge is 2.23. The molecule has 0 aliphatic carbocycles. The van der Waals surface area contributed by atoms with E-state index in [-0.39, 0.29) is 5.97 Å². The van der Waals surface area contributed by atoms with E-state index >= 15 is 0 Å². The quantitative estimate of drug-likeness (QED) is 0.610. The van der Waals surface area contributed by atoms with Gasteiger partial charge in [0.1, 0.15) is 0 Å². The monoisotopic (exact) mass is 259 g/mol. The van der Waals surface area contributed by atoms with Gasteiger partial charge in [-0.05, 0) is 18.1 Å². The lowest BCUT2D eigenvalue weighted by molar-refractivity contribution is -0.140. The standard InChI is InChI=1S/C15H17NO3/c1-18-15(17)7-6-11-8-16(9-12-10-19-12)14-5-3-2-4-13(11)14/h2-5,8,12H,6-7,9-10H2,1H3. The average molecular weight is 259 g/mol. The van der Waals surface area contributed by atoms with E-state index in [4.69, 9.17) is 9.47 Å². The van der Waals surface area contributed by atoms with Gasteiger partial charge in [0.2, 0.25) is 0 Å². The molecule has 1 atom stereocenters. The predicted octanol–water partition coefficient (Wildman–Crippen LogP) is 2.15. The fourth-order valence-electron chi connectivity index (χ4n) is 2.40. The van der Waals surface area contributed by atoms with Gasteiger partial charge in [0.05, 0.1) is 26.4 Å². The highest BCUT2D eigenvalue weighted by molar-refractivity contribution is 5.84. The summed E-state index contributed by atoms with van der Waals surface area (Å²) in [7, 11) is 1.43. The Hall–Kier alpha value is -1.81. The molecule has 1 saturated heterocycles. The Kier molecular flexibility index (Phi) is 3.25. The maximum absolute atomic E-state index is 11.3. The number of fused-ring (bicyclic) bond motifs is 1. The van der Waals surface area contributed by atoms with Gasteiger partial charge >= 0.3 is 5.97 Å². The lowest BCUT2D eigenvalue weighted by atomic mass is 10.1. The van der Waals surface area contributed by atoms with E-state index in [1.165, 1.54) is 23.6 Å². The van der Waals surface area contributed by atoms with Crippen molar-refractivity contribution in [1.82, 2.24) is 4.57 Å². The second kappa shape index (κ2) is 5.05. The van der Waals surface area contributed by atoms with Crippen LogP contribution in [0, 0.1) is 0 Å². The van der Waals surface area contributed by atoms with Crippen molar-refractivity contribution in [3.05, 3.63) is 36.0 Å². The third-order valence-electron chi connectivity index (χ3n) is 3.50. The molecule has 2 heterocycles. The fraction of sp³-hybridized carbons (Fsp3) is 0.400. The summed E-state index contributed by atoms with van der Waals surface area (Å²) >= 11 is 0. The molecule has 0 amide bonds. The number of hydrogen-bond donors (Lipinski definition) is 0. The summed E-state index contributed by atoms with van der Waals surface area (Å²) in [5, 5.41) is 1.21. The Balaban J connectivity index is 1.87. The van der Waals surface area contributed by atoms with E-state index in [0.29, 0.717) is 18.9 Å². The number of para-hydroxylation sites is 1. The first-order valence-electron chi connectivity index (χ1n) is 6.53. The van der Waals surface area contributed by atoms with Crippen molar-refractivity contribution in [2.45, 2.75) is 25.5 Å². The van der Waals surface area contributed by atoms with Crippen LogP contribution in [0.1, 0.15) is 12.0 Å². The van der Waals surface area contributed by atoms with Crippen LogP contribution in [0.25, 0.3) is 10.9 Å². The van der Waals surface area contributed by atoms with Gasteiger partial charge in [-0.2, -0.15) is 0 Å². The number of methoxy groups -OCH3 is 1. The van der Waals surface area contributed by atoms with E-state index in [1.807, 2.05) is 12.1 Å². The van der Waals surface area contributed by atoms with Crippen molar-refractivity contribution in [1.29, 1.82) is 0 Å². The van der Waals surface area contributed by atoms with Gasteiger partial charge in [-0.1, -0.05) is 18.2 Å². The fourth-order valence-corrected chi connectivity index (χ4v) is 2.40. The summed E-state index contributed by atoms with van der Waals surface area (Å²) in [4.78, 5) is 11.3. The van der Waals surface area contributed by atoms with E-state index < -0.39 is 0 Å². The highest BCUT2D eigenvalue weighted by atomic mass is 16.6. The maximum atomic E-state index is 11.3. The maximum Gasteiger partial charge on any atom is 0.305 e.